The fraction of sp³-hybridized carbons (Fsp3) is 0.125. The summed E-state index contributed by atoms with van der Waals surface area (Å²) in [7, 11) is 0. The van der Waals surface area contributed by atoms with Crippen LogP contribution in [0.3, 0.4) is 0 Å². The van der Waals surface area contributed by atoms with Gasteiger partial charge in [-0.3, -0.25) is 14.8 Å². The van der Waals surface area contributed by atoms with E-state index in [9.17, 15) is 4.79 Å². The van der Waals surface area contributed by atoms with Gasteiger partial charge in [-0.2, -0.15) is 0 Å². The van der Waals surface area contributed by atoms with Gasteiger partial charge in [-0.15, -0.1) is 0 Å². The molecule has 0 fully saturated rings. The molecule has 0 saturated carbocycles. The van der Waals surface area contributed by atoms with E-state index in [-0.39, 0.29) is 12.5 Å². The van der Waals surface area contributed by atoms with Gasteiger partial charge < -0.3 is 5.32 Å². The van der Waals surface area contributed by atoms with Crippen molar-refractivity contribution in [2.24, 2.45) is 4.99 Å². The van der Waals surface area contributed by atoms with Crippen LogP contribution in [0.1, 0.15) is 5.56 Å². The second-order valence-corrected chi connectivity index (χ2v) is 2.45. The Morgan fingerprint density at radius 1 is 1.33 bits per heavy atom. The summed E-state index contributed by atoms with van der Waals surface area (Å²) in [6, 6.07) is 3.62. The molecule has 12 heavy (non-hydrogen) atoms. The number of carbonyl (C=O) groups is 1. The molecule has 2 heterocycles. The number of hydrogen-bond acceptors (Lipinski definition) is 3. The van der Waals surface area contributed by atoms with E-state index in [0.29, 0.717) is 5.84 Å². The van der Waals surface area contributed by atoms with E-state index in [0.717, 1.165) is 5.56 Å². The van der Waals surface area contributed by atoms with E-state index in [4.69, 9.17) is 0 Å². The number of aromatic nitrogens is 1. The van der Waals surface area contributed by atoms with Gasteiger partial charge in [0.1, 0.15) is 12.4 Å². The van der Waals surface area contributed by atoms with Gasteiger partial charge in [-0.1, -0.05) is 0 Å². The predicted molar refractivity (Wildman–Crippen MR) is 43.8 cm³/mol. The summed E-state index contributed by atoms with van der Waals surface area (Å²) in [5.41, 5.74) is 0.899. The maximum Gasteiger partial charge on any atom is 0.247 e. The number of hydrogen-bond donors (Lipinski definition) is 1. The number of carbonyl (C=O) groups excluding carboxylic acids is 1. The average Bonchev–Trinajstić information content (AvgIpc) is 2.54. The minimum absolute atomic E-state index is 0.0539. The van der Waals surface area contributed by atoms with Crippen molar-refractivity contribution >= 4 is 11.7 Å². The Kier molecular flexibility index (Phi) is 1.59. The van der Waals surface area contributed by atoms with Crippen molar-refractivity contribution in [3.05, 3.63) is 30.1 Å². The van der Waals surface area contributed by atoms with Crippen LogP contribution in [0.15, 0.2) is 29.5 Å². The topological polar surface area (TPSA) is 54.4 Å². The summed E-state index contributed by atoms with van der Waals surface area (Å²) in [4.78, 5) is 18.7. The highest BCUT2D eigenvalue weighted by atomic mass is 16.2. The first-order valence-electron chi connectivity index (χ1n) is 3.61. The van der Waals surface area contributed by atoms with Crippen molar-refractivity contribution < 1.29 is 4.79 Å². The summed E-state index contributed by atoms with van der Waals surface area (Å²) < 4.78 is 0. The maximum atomic E-state index is 10.8. The van der Waals surface area contributed by atoms with E-state index in [2.05, 4.69) is 15.3 Å². The molecule has 0 radical (unpaired) electrons. The molecule has 2 rings (SSSR count). The first kappa shape index (κ1) is 6.97. The molecule has 1 aromatic rings. The zero-order valence-electron chi connectivity index (χ0n) is 6.32. The van der Waals surface area contributed by atoms with Crippen molar-refractivity contribution in [3.8, 4) is 0 Å². The van der Waals surface area contributed by atoms with Gasteiger partial charge in [0, 0.05) is 18.0 Å². The van der Waals surface area contributed by atoms with E-state index in [1.54, 1.807) is 12.4 Å². The largest absolute Gasteiger partial charge is 0.309 e. The van der Waals surface area contributed by atoms with Crippen LogP contribution >= 0.6 is 0 Å². The molecule has 60 valence electrons. The number of amides is 1. The lowest BCUT2D eigenvalue weighted by Gasteiger charge is -1.98. The SMILES string of the molecule is O=C1CN=C(c2ccncc2)N1. The van der Waals surface area contributed by atoms with Crippen molar-refractivity contribution in [2.75, 3.05) is 6.54 Å². The Balaban J connectivity index is 2.28. The summed E-state index contributed by atoms with van der Waals surface area (Å²) >= 11 is 0. The zero-order chi connectivity index (χ0) is 8.39. The quantitative estimate of drug-likeness (QED) is 0.628. The van der Waals surface area contributed by atoms with Gasteiger partial charge in [0.25, 0.3) is 0 Å². The molecule has 0 unspecified atom stereocenters. The van der Waals surface area contributed by atoms with E-state index in [1.807, 2.05) is 12.1 Å². The fourth-order valence-electron chi connectivity index (χ4n) is 1.04. The summed E-state index contributed by atoms with van der Waals surface area (Å²) in [6.07, 6.45) is 3.34. The molecule has 4 nitrogen and oxygen atoms in total. The number of nitrogens with zero attached hydrogens (tertiary/aromatic N) is 2. The predicted octanol–water partition coefficient (Wildman–Crippen LogP) is -0.0420. The summed E-state index contributed by atoms with van der Waals surface area (Å²) in [5, 5.41) is 2.65. The van der Waals surface area contributed by atoms with Crippen LogP contribution in [0.5, 0.6) is 0 Å². The Hall–Kier alpha value is -1.71. The standard InChI is InChI=1S/C8H7N3O/c12-7-5-10-8(11-7)6-1-3-9-4-2-6/h1-4H,5H2,(H,10,11,12). The molecule has 1 aliphatic rings. The van der Waals surface area contributed by atoms with E-state index in [1.165, 1.54) is 0 Å². The van der Waals surface area contributed by atoms with Crippen LogP contribution in [0.25, 0.3) is 0 Å². The van der Waals surface area contributed by atoms with Gasteiger partial charge >= 0.3 is 0 Å². The smallest absolute Gasteiger partial charge is 0.247 e. The third-order valence-electron chi connectivity index (χ3n) is 1.59. The van der Waals surface area contributed by atoms with Gasteiger partial charge in [-0.25, -0.2) is 0 Å². The lowest BCUT2D eigenvalue weighted by atomic mass is 10.2. The van der Waals surface area contributed by atoms with Crippen LogP contribution in [-0.2, 0) is 4.79 Å². The minimum Gasteiger partial charge on any atom is -0.309 e. The normalized spacial score (nSPS) is 15.7. The molecule has 1 N–H and O–H groups in total. The molecule has 0 aromatic carbocycles. The molecule has 0 spiro atoms. The molecular weight excluding hydrogens is 154 g/mol. The lowest BCUT2D eigenvalue weighted by molar-refractivity contribution is -0.117. The Morgan fingerprint density at radius 2 is 2.08 bits per heavy atom. The van der Waals surface area contributed by atoms with Gasteiger partial charge in [0.15, 0.2) is 0 Å². The van der Waals surface area contributed by atoms with E-state index >= 15 is 0 Å². The van der Waals surface area contributed by atoms with Crippen molar-refractivity contribution in [1.29, 1.82) is 0 Å². The molecule has 1 aromatic heterocycles. The number of aliphatic imine (C=N–C) groups is 1. The van der Waals surface area contributed by atoms with Crippen LogP contribution in [0, 0.1) is 0 Å². The van der Waals surface area contributed by atoms with Crippen LogP contribution in [0.2, 0.25) is 0 Å². The number of nitrogens with one attached hydrogen (secondary N) is 1. The van der Waals surface area contributed by atoms with Crippen molar-refractivity contribution in [2.45, 2.75) is 0 Å². The van der Waals surface area contributed by atoms with Crippen LogP contribution in [-0.4, -0.2) is 23.3 Å². The third-order valence-corrected chi connectivity index (χ3v) is 1.59. The second kappa shape index (κ2) is 2.73. The minimum atomic E-state index is -0.0539. The number of rotatable bonds is 1. The summed E-state index contributed by atoms with van der Waals surface area (Å²) in [6.45, 7) is 0.234. The molecule has 4 heteroatoms. The van der Waals surface area contributed by atoms with Crippen LogP contribution < -0.4 is 5.32 Å². The second-order valence-electron chi connectivity index (χ2n) is 2.45. The van der Waals surface area contributed by atoms with Gasteiger partial charge in [0.2, 0.25) is 5.91 Å². The highest BCUT2D eigenvalue weighted by Gasteiger charge is 2.13. The first-order chi connectivity index (χ1) is 5.86. The molecule has 0 atom stereocenters. The number of amidine groups is 1. The van der Waals surface area contributed by atoms with E-state index < -0.39 is 0 Å². The zero-order valence-corrected chi connectivity index (χ0v) is 6.32. The number of pyridine rings is 1. The molecule has 0 saturated heterocycles. The first-order valence-corrected chi connectivity index (χ1v) is 3.61. The Morgan fingerprint density at radius 3 is 2.67 bits per heavy atom. The Labute approximate surface area is 69.3 Å². The van der Waals surface area contributed by atoms with Gasteiger partial charge in [-0.05, 0) is 12.1 Å². The lowest BCUT2D eigenvalue weighted by Crippen LogP contribution is -2.25. The maximum absolute atomic E-state index is 10.8. The fourth-order valence-corrected chi connectivity index (χ4v) is 1.04. The monoisotopic (exact) mass is 161 g/mol. The highest BCUT2D eigenvalue weighted by Crippen LogP contribution is 2.00. The molecule has 1 aliphatic heterocycles. The Bertz CT molecular complexity index is 331. The summed E-state index contributed by atoms with van der Waals surface area (Å²) in [5.74, 6) is 0.587. The molecule has 1 amide bonds. The average molecular weight is 161 g/mol. The highest BCUT2D eigenvalue weighted by molar-refractivity contribution is 6.12. The van der Waals surface area contributed by atoms with Crippen molar-refractivity contribution in [1.82, 2.24) is 10.3 Å². The van der Waals surface area contributed by atoms with Crippen LogP contribution in [0.4, 0.5) is 0 Å². The molecular formula is C8H7N3O. The molecule has 0 bridgehead atoms. The third kappa shape index (κ3) is 1.18. The van der Waals surface area contributed by atoms with Crippen molar-refractivity contribution in [3.63, 3.8) is 0 Å². The molecule has 0 aliphatic carbocycles. The van der Waals surface area contributed by atoms with Gasteiger partial charge in [0.05, 0.1) is 0 Å².